The van der Waals surface area contributed by atoms with Crippen molar-refractivity contribution in [2.45, 2.75) is 6.10 Å². The predicted molar refractivity (Wildman–Crippen MR) is 41.0 cm³/mol. The van der Waals surface area contributed by atoms with Crippen LogP contribution in [-0.4, -0.2) is 50.5 Å². The van der Waals surface area contributed by atoms with Gasteiger partial charge in [-0.3, -0.25) is 0 Å². The summed E-state index contributed by atoms with van der Waals surface area (Å²) < 4.78 is 0. The van der Waals surface area contributed by atoms with Crippen LogP contribution < -0.4 is 66.9 Å². The lowest BCUT2D eigenvalue weighted by molar-refractivity contribution is -0.766. The molecule has 0 spiro atoms. The maximum atomic E-state index is 9.36. The molecule has 7 heteroatoms. The van der Waals surface area contributed by atoms with E-state index in [4.69, 9.17) is 0 Å². The quantitative estimate of drug-likeness (QED) is 0.320. The van der Waals surface area contributed by atoms with Gasteiger partial charge in [0.25, 0.3) is 0 Å². The molecule has 4 nitrogen and oxygen atoms in total. The van der Waals surface area contributed by atoms with Crippen molar-refractivity contribution in [2.75, 3.05) is 39.3 Å². The van der Waals surface area contributed by atoms with Crippen molar-refractivity contribution < 1.29 is 72.0 Å². The van der Waals surface area contributed by atoms with E-state index in [1.807, 2.05) is 0 Å². The van der Waals surface area contributed by atoms with Crippen LogP contribution in [0.2, 0.25) is 0 Å². The Labute approximate surface area is 117 Å². The van der Waals surface area contributed by atoms with Crippen LogP contribution >= 0.6 is 0 Å². The van der Waals surface area contributed by atoms with Crippen LogP contribution in [0.25, 0.3) is 0 Å². The first-order chi connectivity index (χ1) is 5.39. The predicted octanol–water partition coefficient (Wildman–Crippen LogP) is -13.9. The third-order valence-corrected chi connectivity index (χ3v) is 2.03. The summed E-state index contributed by atoms with van der Waals surface area (Å²) in [7, 11) is 0. The molecule has 7 N–H and O–H groups in total. The number of halogens is 3. The van der Waals surface area contributed by atoms with Crippen molar-refractivity contribution >= 4 is 0 Å². The summed E-state index contributed by atoms with van der Waals surface area (Å²) in [5.41, 5.74) is 0. The Bertz CT molecular complexity index is 100. The maximum absolute atomic E-state index is 9.36. The number of hydrogen-bond donors (Lipinski definition) is 4. The van der Waals surface area contributed by atoms with Crippen LogP contribution in [0, 0.1) is 0 Å². The summed E-state index contributed by atoms with van der Waals surface area (Å²) in [6.45, 7) is 6.36. The van der Waals surface area contributed by atoms with Gasteiger partial charge in [-0.05, 0) is 0 Å². The van der Waals surface area contributed by atoms with Crippen LogP contribution in [0.4, 0.5) is 0 Å². The van der Waals surface area contributed by atoms with Crippen LogP contribution in [-0.2, 0) is 0 Å². The van der Waals surface area contributed by atoms with Crippen molar-refractivity contribution in [3.8, 4) is 0 Å². The van der Waals surface area contributed by atoms with Crippen molar-refractivity contribution in [1.82, 2.24) is 0 Å². The molecule has 1 heterocycles. The Morgan fingerprint density at radius 3 is 1.50 bits per heavy atom. The Kier molecular flexibility index (Phi) is 21.1. The van der Waals surface area contributed by atoms with Gasteiger partial charge in [0.15, 0.2) is 6.10 Å². The summed E-state index contributed by atoms with van der Waals surface area (Å²) >= 11 is 0. The summed E-state index contributed by atoms with van der Waals surface area (Å²) in [6, 6.07) is 0. The third kappa shape index (κ3) is 11.4. The molecule has 0 aromatic carbocycles. The minimum absolute atomic E-state index is 0. The highest BCUT2D eigenvalue weighted by atomic mass is 79.9. The fourth-order valence-corrected chi connectivity index (χ4v) is 1.33. The Morgan fingerprint density at radius 1 is 0.714 bits per heavy atom. The maximum Gasteiger partial charge on any atom is 0.151 e. The normalized spacial score (nSPS) is 19.5. The van der Waals surface area contributed by atoms with E-state index < -0.39 is 0 Å². The van der Waals surface area contributed by atoms with Crippen LogP contribution in [0.3, 0.4) is 0 Å². The summed E-state index contributed by atoms with van der Waals surface area (Å²) in [6.07, 6.45) is -0.118. The van der Waals surface area contributed by atoms with Gasteiger partial charge in [-0.2, -0.15) is 0 Å². The average Bonchev–Trinajstić information content (AvgIpc) is 2.03. The van der Waals surface area contributed by atoms with Gasteiger partial charge in [-0.1, -0.05) is 0 Å². The van der Waals surface area contributed by atoms with Crippen molar-refractivity contribution in [1.29, 1.82) is 0 Å². The van der Waals surface area contributed by atoms with Crippen molar-refractivity contribution in [3.63, 3.8) is 0 Å². The SMILES string of the molecule is OC1C[NH2+]CC[NH2+]CC[NH2+]C1.[Br-].[Br-].[Br-]. The van der Waals surface area contributed by atoms with Crippen molar-refractivity contribution in [2.24, 2.45) is 0 Å². The number of hydrogen-bond acceptors (Lipinski definition) is 1. The third-order valence-electron chi connectivity index (χ3n) is 2.03. The average molecular weight is 402 g/mol. The highest BCUT2D eigenvalue weighted by Crippen LogP contribution is 1.66. The first-order valence-corrected chi connectivity index (χ1v) is 4.52. The molecular weight excluding hydrogens is 382 g/mol. The van der Waals surface area contributed by atoms with E-state index >= 15 is 0 Å². The number of quaternary nitrogens is 3. The van der Waals surface area contributed by atoms with E-state index in [9.17, 15) is 5.11 Å². The first-order valence-electron chi connectivity index (χ1n) is 4.52. The largest absolute Gasteiger partial charge is 1.00 e. The van der Waals surface area contributed by atoms with Crippen LogP contribution in [0.1, 0.15) is 0 Å². The Morgan fingerprint density at radius 2 is 1.07 bits per heavy atom. The topological polar surface area (TPSA) is 70.1 Å². The lowest BCUT2D eigenvalue weighted by Crippen LogP contribution is -3.02. The molecule has 90 valence electrons. The minimum atomic E-state index is -0.118. The zero-order chi connectivity index (χ0) is 7.94. The summed E-state index contributed by atoms with van der Waals surface area (Å²) in [5.74, 6) is 0. The molecule has 14 heavy (non-hydrogen) atoms. The molecule has 0 aromatic rings. The molecule has 1 fully saturated rings. The van der Waals surface area contributed by atoms with E-state index in [1.54, 1.807) is 0 Å². The molecule has 0 saturated carbocycles. The molecular formula is C7H20Br3N3O. The van der Waals surface area contributed by atoms with Gasteiger partial charge in [0.2, 0.25) is 0 Å². The molecule has 1 aliphatic rings. The van der Waals surface area contributed by atoms with E-state index in [1.165, 1.54) is 13.1 Å². The molecule has 0 unspecified atom stereocenters. The van der Waals surface area contributed by atoms with E-state index in [0.717, 1.165) is 26.2 Å². The highest BCUT2D eigenvalue weighted by Gasteiger charge is 2.09. The standard InChI is InChI=1S/C7H17N3O.3BrH/c11-7-5-9-3-1-8-2-4-10-6-7;;;/h7-11H,1-6H2;3*1H. The fraction of sp³-hybridized carbons (Fsp3) is 1.00. The number of nitrogens with two attached hydrogens (primary N) is 3. The smallest absolute Gasteiger partial charge is 0.151 e. The molecule has 0 bridgehead atoms. The zero-order valence-corrected chi connectivity index (χ0v) is 12.9. The minimum Gasteiger partial charge on any atom is -1.00 e. The van der Waals surface area contributed by atoms with E-state index in [2.05, 4.69) is 16.0 Å². The second-order valence-corrected chi connectivity index (χ2v) is 3.15. The number of aliphatic hydroxyl groups is 1. The molecule has 0 radical (unpaired) electrons. The molecule has 1 aliphatic heterocycles. The van der Waals surface area contributed by atoms with Gasteiger partial charge in [0, 0.05) is 0 Å². The lowest BCUT2D eigenvalue weighted by atomic mass is 10.3. The van der Waals surface area contributed by atoms with Crippen LogP contribution in [0.5, 0.6) is 0 Å². The van der Waals surface area contributed by atoms with Gasteiger partial charge < -0.3 is 72.0 Å². The second-order valence-electron chi connectivity index (χ2n) is 3.15. The second kappa shape index (κ2) is 14.3. The van der Waals surface area contributed by atoms with E-state index in [0.29, 0.717) is 0 Å². The molecule has 1 rings (SSSR count). The Balaban J connectivity index is -0.000000403. The zero-order valence-electron chi connectivity index (χ0n) is 8.13. The van der Waals surface area contributed by atoms with Gasteiger partial charge >= 0.3 is 0 Å². The monoisotopic (exact) mass is 399 g/mol. The van der Waals surface area contributed by atoms with Gasteiger partial charge in [0.05, 0.1) is 0 Å². The highest BCUT2D eigenvalue weighted by molar-refractivity contribution is 4.45. The molecule has 0 atom stereocenters. The molecule has 0 amide bonds. The summed E-state index contributed by atoms with van der Waals surface area (Å²) in [4.78, 5) is 0. The Hall–Kier alpha value is 1.28. The van der Waals surface area contributed by atoms with Gasteiger partial charge in [-0.15, -0.1) is 0 Å². The number of rotatable bonds is 0. The van der Waals surface area contributed by atoms with Crippen molar-refractivity contribution in [3.05, 3.63) is 0 Å². The van der Waals surface area contributed by atoms with E-state index in [-0.39, 0.29) is 57.0 Å². The summed E-state index contributed by atoms with van der Waals surface area (Å²) in [5, 5.41) is 16.1. The molecule has 1 saturated heterocycles. The van der Waals surface area contributed by atoms with Crippen LogP contribution in [0.15, 0.2) is 0 Å². The lowest BCUT2D eigenvalue weighted by Gasteiger charge is -2.10. The van der Waals surface area contributed by atoms with Gasteiger partial charge in [-0.25, -0.2) is 0 Å². The molecule has 0 aromatic heterocycles. The number of aliphatic hydroxyl groups excluding tert-OH is 1. The molecule has 0 aliphatic carbocycles. The first kappa shape index (κ1) is 20.7. The fourth-order valence-electron chi connectivity index (χ4n) is 1.33. The van der Waals surface area contributed by atoms with Gasteiger partial charge in [0.1, 0.15) is 39.3 Å².